The molecule has 1 fully saturated rings. The molecule has 0 radical (unpaired) electrons. The summed E-state index contributed by atoms with van der Waals surface area (Å²) in [5, 5.41) is 5.15. The van der Waals surface area contributed by atoms with E-state index in [9.17, 15) is 21.6 Å². The minimum absolute atomic E-state index is 0. The quantitative estimate of drug-likeness (QED) is 0.389. The molecule has 37 heavy (non-hydrogen) atoms. The number of piperidine rings is 1. The Kier molecular flexibility index (Phi) is 8.22. The first-order valence-corrected chi connectivity index (χ1v) is 13.8. The Balaban J connectivity index is 0.00000320. The van der Waals surface area contributed by atoms with Crippen molar-refractivity contribution in [2.75, 3.05) is 24.4 Å². The number of nitrogens with zero attached hydrogens (tertiary/aromatic N) is 1. The number of thiazole rings is 1. The fourth-order valence-corrected chi connectivity index (χ4v) is 6.32. The summed E-state index contributed by atoms with van der Waals surface area (Å²) >= 11 is 1.16. The maximum Gasteiger partial charge on any atom is 0.416 e. The van der Waals surface area contributed by atoms with Crippen molar-refractivity contribution in [1.29, 1.82) is 0 Å². The molecular formula is C24H25ClF3N3O4S2. The van der Waals surface area contributed by atoms with E-state index in [1.165, 1.54) is 30.5 Å². The fourth-order valence-electron chi connectivity index (χ4n) is 4.51. The highest BCUT2D eigenvalue weighted by molar-refractivity contribution is 7.93. The number of aromatic nitrogens is 1. The van der Waals surface area contributed by atoms with Crippen molar-refractivity contribution >= 4 is 38.9 Å². The summed E-state index contributed by atoms with van der Waals surface area (Å²) in [4.78, 5) is 3.96. The van der Waals surface area contributed by atoms with E-state index in [1.807, 2.05) is 0 Å². The van der Waals surface area contributed by atoms with Crippen molar-refractivity contribution in [3.05, 3.63) is 64.7 Å². The molecular weight excluding hydrogens is 551 g/mol. The lowest BCUT2D eigenvalue weighted by molar-refractivity contribution is -0.137. The van der Waals surface area contributed by atoms with E-state index in [2.05, 4.69) is 15.0 Å². The molecule has 0 spiro atoms. The van der Waals surface area contributed by atoms with Crippen LogP contribution in [0.2, 0.25) is 0 Å². The molecule has 2 aromatic carbocycles. The molecule has 2 aliphatic rings. The average molecular weight is 576 g/mol. The van der Waals surface area contributed by atoms with Crippen LogP contribution in [-0.2, 0) is 16.2 Å². The number of ether oxygens (including phenoxy) is 2. The molecule has 13 heteroatoms. The molecule has 2 N–H and O–H groups in total. The van der Waals surface area contributed by atoms with Gasteiger partial charge in [0, 0.05) is 29.6 Å². The Morgan fingerprint density at radius 2 is 1.86 bits per heavy atom. The van der Waals surface area contributed by atoms with Crippen LogP contribution in [0.25, 0.3) is 0 Å². The van der Waals surface area contributed by atoms with Gasteiger partial charge in [-0.05, 0) is 61.7 Å². The minimum Gasteiger partial charge on any atom is -0.493 e. The van der Waals surface area contributed by atoms with Gasteiger partial charge < -0.3 is 14.8 Å². The largest absolute Gasteiger partial charge is 0.493 e. The van der Waals surface area contributed by atoms with E-state index in [1.54, 1.807) is 11.4 Å². The lowest BCUT2D eigenvalue weighted by Crippen LogP contribution is -2.27. The van der Waals surface area contributed by atoms with Crippen LogP contribution in [-0.4, -0.2) is 33.1 Å². The van der Waals surface area contributed by atoms with Crippen LogP contribution in [0.5, 0.6) is 11.5 Å². The standard InChI is InChI=1S/C24H24F3N3O4S2.ClH/c25-24(26,27)16-1-4-20(19(13-16)15-5-8-28-9-6-15)34-21-7-11-33-22-14-17(2-3-18(21)22)36(31,32)30-23-29-10-12-35-23;/h1-4,10,12-15,21,28H,5-9,11H2,(H,29,30);1H. The molecule has 1 aromatic heterocycles. The SMILES string of the molecule is Cl.O=S(=O)(Nc1nccs1)c1ccc2c(c1)OCCC2Oc1ccc(C(F)(F)F)cc1C1CCNCC1. The van der Waals surface area contributed by atoms with Crippen molar-refractivity contribution in [3.8, 4) is 11.5 Å². The van der Waals surface area contributed by atoms with Gasteiger partial charge in [0.15, 0.2) is 5.13 Å². The molecule has 3 heterocycles. The van der Waals surface area contributed by atoms with Gasteiger partial charge in [0.25, 0.3) is 10.0 Å². The maximum absolute atomic E-state index is 13.4. The summed E-state index contributed by atoms with van der Waals surface area (Å²) in [6.45, 7) is 1.74. The molecule has 0 aliphatic carbocycles. The molecule has 1 saturated heterocycles. The monoisotopic (exact) mass is 575 g/mol. The van der Waals surface area contributed by atoms with Crippen LogP contribution in [0.1, 0.15) is 48.0 Å². The predicted octanol–water partition coefficient (Wildman–Crippen LogP) is 5.75. The van der Waals surface area contributed by atoms with Gasteiger partial charge in [-0.3, -0.25) is 4.72 Å². The lowest BCUT2D eigenvalue weighted by Gasteiger charge is -2.30. The minimum atomic E-state index is -4.44. The second kappa shape index (κ2) is 11.1. The summed E-state index contributed by atoms with van der Waals surface area (Å²) in [5.41, 5.74) is 0.496. The Hall–Kier alpha value is -2.54. The van der Waals surface area contributed by atoms with Crippen molar-refractivity contribution in [1.82, 2.24) is 10.3 Å². The zero-order chi connectivity index (χ0) is 25.3. The zero-order valence-electron chi connectivity index (χ0n) is 19.5. The summed E-state index contributed by atoms with van der Waals surface area (Å²) in [6.07, 6.45) is -1.53. The highest BCUT2D eigenvalue weighted by Gasteiger charge is 2.33. The van der Waals surface area contributed by atoms with E-state index in [0.717, 1.165) is 43.3 Å². The molecule has 200 valence electrons. The lowest BCUT2D eigenvalue weighted by atomic mass is 9.88. The zero-order valence-corrected chi connectivity index (χ0v) is 21.9. The summed E-state index contributed by atoms with van der Waals surface area (Å²) in [6, 6.07) is 8.16. The third kappa shape index (κ3) is 6.14. The Labute approximate surface area is 222 Å². The van der Waals surface area contributed by atoms with E-state index >= 15 is 0 Å². The number of alkyl halides is 3. The van der Waals surface area contributed by atoms with Crippen LogP contribution >= 0.6 is 23.7 Å². The smallest absolute Gasteiger partial charge is 0.416 e. The van der Waals surface area contributed by atoms with Crippen LogP contribution in [0.15, 0.2) is 52.9 Å². The van der Waals surface area contributed by atoms with E-state index in [0.29, 0.717) is 29.0 Å². The summed E-state index contributed by atoms with van der Waals surface area (Å²) in [7, 11) is -3.87. The highest BCUT2D eigenvalue weighted by Crippen LogP contribution is 2.42. The van der Waals surface area contributed by atoms with Gasteiger partial charge in [-0.25, -0.2) is 13.4 Å². The third-order valence-corrected chi connectivity index (χ3v) is 8.47. The molecule has 0 amide bonds. The number of fused-ring (bicyclic) bond motifs is 1. The first kappa shape index (κ1) is 27.5. The molecule has 0 bridgehead atoms. The molecule has 0 saturated carbocycles. The van der Waals surface area contributed by atoms with Gasteiger partial charge in [-0.2, -0.15) is 13.2 Å². The van der Waals surface area contributed by atoms with E-state index in [4.69, 9.17) is 9.47 Å². The third-order valence-electron chi connectivity index (χ3n) is 6.32. The highest BCUT2D eigenvalue weighted by atomic mass is 35.5. The molecule has 3 aromatic rings. The van der Waals surface area contributed by atoms with Crippen molar-refractivity contribution < 1.29 is 31.1 Å². The normalized spacial score (nSPS) is 18.3. The maximum atomic E-state index is 13.4. The molecule has 1 atom stereocenters. The number of rotatable bonds is 6. The van der Waals surface area contributed by atoms with Crippen LogP contribution in [0.3, 0.4) is 0 Å². The van der Waals surface area contributed by atoms with Gasteiger partial charge in [0.05, 0.1) is 17.1 Å². The van der Waals surface area contributed by atoms with Crippen molar-refractivity contribution in [2.24, 2.45) is 0 Å². The van der Waals surface area contributed by atoms with Gasteiger partial charge in [0.2, 0.25) is 0 Å². The number of anilines is 1. The van der Waals surface area contributed by atoms with Crippen LogP contribution < -0.4 is 19.5 Å². The first-order chi connectivity index (χ1) is 17.2. The molecule has 1 unspecified atom stereocenters. The number of nitrogens with one attached hydrogen (secondary N) is 2. The summed E-state index contributed by atoms with van der Waals surface area (Å²) in [5.74, 6) is 0.728. The molecule has 7 nitrogen and oxygen atoms in total. The Morgan fingerprint density at radius 3 is 2.57 bits per heavy atom. The van der Waals surface area contributed by atoms with Crippen molar-refractivity contribution in [3.63, 3.8) is 0 Å². The van der Waals surface area contributed by atoms with Gasteiger partial charge >= 0.3 is 6.18 Å². The number of halogens is 4. The summed E-state index contributed by atoms with van der Waals surface area (Å²) < 4.78 is 80.3. The van der Waals surface area contributed by atoms with Crippen molar-refractivity contribution in [2.45, 2.75) is 42.4 Å². The number of sulfonamides is 1. The molecule has 5 rings (SSSR count). The second-order valence-corrected chi connectivity index (χ2v) is 11.2. The van der Waals surface area contributed by atoms with Crippen LogP contribution in [0, 0.1) is 0 Å². The van der Waals surface area contributed by atoms with Crippen LogP contribution in [0.4, 0.5) is 18.3 Å². The molecule has 2 aliphatic heterocycles. The van der Waals surface area contributed by atoms with Gasteiger partial charge in [-0.1, -0.05) is 6.07 Å². The average Bonchev–Trinajstić information content (AvgIpc) is 3.36. The van der Waals surface area contributed by atoms with E-state index in [-0.39, 0.29) is 35.0 Å². The second-order valence-electron chi connectivity index (χ2n) is 8.66. The Morgan fingerprint density at radius 1 is 1.08 bits per heavy atom. The number of benzene rings is 2. The number of hydrogen-bond acceptors (Lipinski definition) is 7. The Bertz CT molecular complexity index is 1330. The van der Waals surface area contributed by atoms with E-state index < -0.39 is 27.9 Å². The van der Waals surface area contributed by atoms with Gasteiger partial charge in [-0.15, -0.1) is 23.7 Å². The number of hydrogen-bond donors (Lipinski definition) is 2. The first-order valence-electron chi connectivity index (χ1n) is 11.5. The predicted molar refractivity (Wildman–Crippen MR) is 136 cm³/mol. The fraction of sp³-hybridized carbons (Fsp3) is 0.375. The topological polar surface area (TPSA) is 89.6 Å². The van der Waals surface area contributed by atoms with Gasteiger partial charge in [0.1, 0.15) is 17.6 Å².